The summed E-state index contributed by atoms with van der Waals surface area (Å²) in [4.78, 5) is 11.5. The maximum absolute atomic E-state index is 11.5. The molecular weight excluding hydrogens is 296 g/mol. The van der Waals surface area contributed by atoms with Crippen molar-refractivity contribution in [3.05, 3.63) is 22.7 Å². The van der Waals surface area contributed by atoms with Crippen LogP contribution in [0.5, 0.6) is 5.75 Å². The van der Waals surface area contributed by atoms with E-state index >= 15 is 0 Å². The smallest absolute Gasteiger partial charge is 0.245 e. The van der Waals surface area contributed by atoms with Gasteiger partial charge in [0.05, 0.1) is 24.8 Å². The first-order valence-electron chi connectivity index (χ1n) is 6.73. The lowest BCUT2D eigenvalue weighted by molar-refractivity contribution is -0.116. The zero-order chi connectivity index (χ0) is 15.2. The van der Waals surface area contributed by atoms with Crippen molar-refractivity contribution in [3.8, 4) is 5.75 Å². The first kappa shape index (κ1) is 16.0. The van der Waals surface area contributed by atoms with E-state index < -0.39 is 6.04 Å². The van der Waals surface area contributed by atoms with Crippen molar-refractivity contribution in [2.75, 3.05) is 38.9 Å². The van der Waals surface area contributed by atoms with Crippen LogP contribution in [-0.4, -0.2) is 39.4 Å². The van der Waals surface area contributed by atoms with Gasteiger partial charge in [-0.1, -0.05) is 11.6 Å². The molecule has 116 valence electrons. The van der Waals surface area contributed by atoms with Crippen LogP contribution >= 0.6 is 11.6 Å². The molecule has 0 bridgehead atoms. The maximum atomic E-state index is 11.5. The normalized spacial score (nSPS) is 16.7. The van der Waals surface area contributed by atoms with Crippen molar-refractivity contribution in [1.29, 1.82) is 0 Å². The Balaban J connectivity index is 1.82. The van der Waals surface area contributed by atoms with Crippen molar-refractivity contribution in [3.63, 3.8) is 0 Å². The van der Waals surface area contributed by atoms with E-state index in [2.05, 4.69) is 5.32 Å². The monoisotopic (exact) mass is 314 g/mol. The molecule has 0 aliphatic carbocycles. The molecular formula is C14H19ClN2O4. The number of methoxy groups -OCH3 is 1. The van der Waals surface area contributed by atoms with E-state index in [-0.39, 0.29) is 5.91 Å². The molecule has 1 unspecified atom stereocenters. The van der Waals surface area contributed by atoms with Crippen molar-refractivity contribution >= 4 is 23.2 Å². The number of carbonyl (C=O) groups excluding carboxylic acids is 1. The topological polar surface area (TPSA) is 82.8 Å². The summed E-state index contributed by atoms with van der Waals surface area (Å²) in [6.07, 6.45) is 0.739. The Morgan fingerprint density at radius 2 is 2.10 bits per heavy atom. The Kier molecular flexibility index (Phi) is 5.81. The minimum absolute atomic E-state index is 0.232. The molecule has 1 aliphatic rings. The van der Waals surface area contributed by atoms with E-state index in [1.165, 1.54) is 0 Å². The molecule has 0 fully saturated rings. The number of hydrogen-bond donors (Lipinski definition) is 2. The van der Waals surface area contributed by atoms with Gasteiger partial charge in [0.2, 0.25) is 5.91 Å². The number of fused-ring (bicyclic) bond motifs is 1. The summed E-state index contributed by atoms with van der Waals surface area (Å²) in [5.41, 5.74) is 7.10. The largest absolute Gasteiger partial charge is 0.492 e. The van der Waals surface area contributed by atoms with Crippen LogP contribution in [0.3, 0.4) is 0 Å². The minimum Gasteiger partial charge on any atom is -0.492 e. The molecule has 1 amide bonds. The first-order chi connectivity index (χ1) is 10.1. The highest BCUT2D eigenvalue weighted by atomic mass is 35.5. The van der Waals surface area contributed by atoms with Crippen molar-refractivity contribution < 1.29 is 19.0 Å². The molecule has 1 aromatic carbocycles. The Morgan fingerprint density at radius 1 is 1.29 bits per heavy atom. The van der Waals surface area contributed by atoms with Gasteiger partial charge in [0.15, 0.2) is 0 Å². The third kappa shape index (κ3) is 4.07. The van der Waals surface area contributed by atoms with Crippen LogP contribution in [0.25, 0.3) is 0 Å². The molecule has 0 radical (unpaired) electrons. The lowest BCUT2D eigenvalue weighted by Gasteiger charge is -2.10. The first-order valence-corrected chi connectivity index (χ1v) is 7.10. The molecule has 3 N–H and O–H groups in total. The Hall–Kier alpha value is -1.34. The van der Waals surface area contributed by atoms with Gasteiger partial charge in [-0.05, 0) is 6.07 Å². The summed E-state index contributed by atoms with van der Waals surface area (Å²) < 4.78 is 15.8. The molecule has 7 heteroatoms. The number of halogens is 1. The molecule has 1 heterocycles. The van der Waals surface area contributed by atoms with Crippen LogP contribution in [0, 0.1) is 0 Å². The van der Waals surface area contributed by atoms with Gasteiger partial charge in [0.1, 0.15) is 11.8 Å². The molecule has 1 atom stereocenters. The third-order valence-corrected chi connectivity index (χ3v) is 3.40. The fourth-order valence-electron chi connectivity index (χ4n) is 1.98. The van der Waals surface area contributed by atoms with Gasteiger partial charge in [0, 0.05) is 37.5 Å². The quantitative estimate of drug-likeness (QED) is 0.714. The predicted molar refractivity (Wildman–Crippen MR) is 79.8 cm³/mol. The minimum atomic E-state index is -0.666. The lowest BCUT2D eigenvalue weighted by atomic mass is 10.1. The Labute approximate surface area is 128 Å². The van der Waals surface area contributed by atoms with Gasteiger partial charge in [-0.2, -0.15) is 0 Å². The van der Waals surface area contributed by atoms with E-state index in [0.717, 1.165) is 6.42 Å². The summed E-state index contributed by atoms with van der Waals surface area (Å²) in [7, 11) is 1.63. The van der Waals surface area contributed by atoms with Crippen LogP contribution in [-0.2, 0) is 14.3 Å². The van der Waals surface area contributed by atoms with Gasteiger partial charge in [-0.25, -0.2) is 0 Å². The van der Waals surface area contributed by atoms with Crippen LogP contribution < -0.4 is 15.8 Å². The van der Waals surface area contributed by atoms with Gasteiger partial charge < -0.3 is 25.3 Å². The molecule has 0 saturated heterocycles. The number of amides is 1. The maximum Gasteiger partial charge on any atom is 0.245 e. The Bertz CT molecular complexity index is 510. The predicted octanol–water partition coefficient (Wildman–Crippen LogP) is 1.72. The number of hydrogen-bond acceptors (Lipinski definition) is 5. The van der Waals surface area contributed by atoms with Crippen LogP contribution in [0.15, 0.2) is 12.1 Å². The summed E-state index contributed by atoms with van der Waals surface area (Å²) in [6, 6.07) is 2.71. The highest BCUT2D eigenvalue weighted by Gasteiger charge is 2.28. The number of nitrogens with two attached hydrogens (primary N) is 1. The Morgan fingerprint density at radius 3 is 2.86 bits per heavy atom. The van der Waals surface area contributed by atoms with Gasteiger partial charge in [-0.3, -0.25) is 4.79 Å². The average molecular weight is 315 g/mol. The third-order valence-electron chi connectivity index (χ3n) is 3.10. The zero-order valence-electron chi connectivity index (χ0n) is 11.9. The highest BCUT2D eigenvalue weighted by molar-refractivity contribution is 6.32. The average Bonchev–Trinajstić information content (AvgIpc) is 2.73. The second kappa shape index (κ2) is 7.61. The molecule has 0 spiro atoms. The van der Waals surface area contributed by atoms with Crippen LogP contribution in [0.1, 0.15) is 18.0 Å². The molecule has 21 heavy (non-hydrogen) atoms. The molecule has 1 aromatic rings. The molecule has 0 saturated carbocycles. The summed E-state index contributed by atoms with van der Waals surface area (Å²) in [6.45, 7) is 2.22. The second-order valence-electron chi connectivity index (χ2n) is 4.64. The molecule has 2 rings (SSSR count). The molecule has 1 aliphatic heterocycles. The van der Waals surface area contributed by atoms with Crippen LogP contribution in [0.4, 0.5) is 5.69 Å². The number of nitrogens with one attached hydrogen (secondary N) is 1. The number of ether oxygens (including phenoxy) is 3. The fraction of sp³-hybridized carbons (Fsp3) is 0.500. The summed E-state index contributed by atoms with van der Waals surface area (Å²) in [5.74, 6) is 0.298. The molecule has 0 aromatic heterocycles. The van der Waals surface area contributed by atoms with E-state index in [4.69, 9.17) is 31.5 Å². The fourth-order valence-corrected chi connectivity index (χ4v) is 2.21. The standard InChI is InChI=1S/C14H19ClN2O4/c1-19-5-6-20-3-2-4-21-12-8-11-9(7-10(12)15)13(16)14(18)17-11/h7-8,13H,2-6,16H2,1H3,(H,17,18). The van der Waals surface area contributed by atoms with E-state index in [1.807, 2.05) is 0 Å². The summed E-state index contributed by atoms with van der Waals surface area (Å²) in [5, 5.41) is 3.14. The van der Waals surface area contributed by atoms with Crippen molar-refractivity contribution in [2.45, 2.75) is 12.5 Å². The number of rotatable bonds is 8. The highest BCUT2D eigenvalue weighted by Crippen LogP contribution is 2.37. The van der Waals surface area contributed by atoms with E-state index in [9.17, 15) is 4.79 Å². The second-order valence-corrected chi connectivity index (χ2v) is 5.05. The lowest BCUT2D eigenvalue weighted by Crippen LogP contribution is -2.19. The van der Waals surface area contributed by atoms with Crippen LogP contribution in [0.2, 0.25) is 5.02 Å². The van der Waals surface area contributed by atoms with Gasteiger partial charge >= 0.3 is 0 Å². The zero-order valence-corrected chi connectivity index (χ0v) is 12.6. The number of anilines is 1. The van der Waals surface area contributed by atoms with E-state index in [0.29, 0.717) is 48.5 Å². The van der Waals surface area contributed by atoms with E-state index in [1.54, 1.807) is 19.2 Å². The number of benzene rings is 1. The number of carbonyl (C=O) groups is 1. The summed E-state index contributed by atoms with van der Waals surface area (Å²) >= 11 is 6.13. The van der Waals surface area contributed by atoms with Crippen molar-refractivity contribution in [2.24, 2.45) is 5.73 Å². The molecule has 6 nitrogen and oxygen atoms in total. The van der Waals surface area contributed by atoms with Gasteiger partial charge in [0.25, 0.3) is 0 Å². The van der Waals surface area contributed by atoms with Crippen molar-refractivity contribution in [1.82, 2.24) is 0 Å². The SMILES string of the molecule is COCCOCCCOc1cc2c(cc1Cl)C(N)C(=O)N2. The van der Waals surface area contributed by atoms with Gasteiger partial charge in [-0.15, -0.1) is 0 Å².